The molecule has 0 saturated carbocycles. The van der Waals surface area contributed by atoms with Gasteiger partial charge in [-0.2, -0.15) is 0 Å². The quantitative estimate of drug-likeness (QED) is 0.822. The number of hydrogen-bond acceptors (Lipinski definition) is 3. The molecular formula is C13H20N2O2. The molecule has 4 heteroatoms. The minimum Gasteiger partial charge on any atom is -0.494 e. The van der Waals surface area contributed by atoms with Crippen LogP contribution >= 0.6 is 0 Å². The fourth-order valence-electron chi connectivity index (χ4n) is 1.22. The van der Waals surface area contributed by atoms with E-state index in [1.165, 1.54) is 0 Å². The average Bonchev–Trinajstić information content (AvgIpc) is 2.30. The number of carbonyl (C=O) groups is 1. The van der Waals surface area contributed by atoms with Gasteiger partial charge in [-0.05, 0) is 32.9 Å². The molecule has 1 rings (SSSR count). The van der Waals surface area contributed by atoms with Crippen LogP contribution in [-0.2, 0) is 4.79 Å². The Morgan fingerprint density at radius 1 is 1.47 bits per heavy atom. The molecule has 17 heavy (non-hydrogen) atoms. The van der Waals surface area contributed by atoms with Gasteiger partial charge in [0.2, 0.25) is 5.91 Å². The predicted molar refractivity (Wildman–Crippen MR) is 69.1 cm³/mol. The second kappa shape index (κ2) is 5.68. The zero-order chi connectivity index (χ0) is 12.9. The Balaban J connectivity index is 2.75. The van der Waals surface area contributed by atoms with E-state index in [2.05, 4.69) is 5.32 Å². The largest absolute Gasteiger partial charge is 0.494 e. The molecule has 1 aromatic carbocycles. The first kappa shape index (κ1) is 13.5. The molecule has 0 aliphatic heterocycles. The van der Waals surface area contributed by atoms with Crippen molar-refractivity contribution in [3.8, 4) is 5.75 Å². The summed E-state index contributed by atoms with van der Waals surface area (Å²) in [5.74, 6) is 0.657. The van der Waals surface area contributed by atoms with Crippen LogP contribution in [0.15, 0.2) is 24.3 Å². The van der Waals surface area contributed by atoms with Crippen LogP contribution in [0.25, 0.3) is 0 Å². The fraction of sp³-hybridized carbons (Fsp3) is 0.462. The number of hydrogen-bond donors (Lipinski definition) is 2. The van der Waals surface area contributed by atoms with Crippen molar-refractivity contribution in [2.75, 3.05) is 18.5 Å². The highest BCUT2D eigenvalue weighted by molar-refractivity contribution is 5.95. The zero-order valence-corrected chi connectivity index (χ0v) is 10.6. The number of rotatable bonds is 5. The van der Waals surface area contributed by atoms with Gasteiger partial charge in [-0.15, -0.1) is 0 Å². The number of ether oxygens (including phenoxy) is 1. The third-order valence-electron chi connectivity index (χ3n) is 2.53. The number of nitrogens with one attached hydrogen (secondary N) is 1. The Morgan fingerprint density at radius 2 is 2.18 bits per heavy atom. The summed E-state index contributed by atoms with van der Waals surface area (Å²) in [5, 5.41) is 2.83. The van der Waals surface area contributed by atoms with Crippen LogP contribution in [0.1, 0.15) is 20.8 Å². The van der Waals surface area contributed by atoms with Gasteiger partial charge in [0.25, 0.3) is 0 Å². The van der Waals surface area contributed by atoms with Gasteiger partial charge in [0.05, 0.1) is 12.0 Å². The summed E-state index contributed by atoms with van der Waals surface area (Å²) in [7, 11) is 0. The molecule has 0 bridgehead atoms. The zero-order valence-electron chi connectivity index (χ0n) is 10.6. The monoisotopic (exact) mass is 236 g/mol. The normalized spacial score (nSPS) is 11.1. The molecule has 4 nitrogen and oxygen atoms in total. The molecule has 0 unspecified atom stereocenters. The molecule has 94 valence electrons. The maximum absolute atomic E-state index is 11.9. The Kier molecular flexibility index (Phi) is 4.52. The summed E-state index contributed by atoms with van der Waals surface area (Å²) >= 11 is 0. The molecule has 0 atom stereocenters. The van der Waals surface area contributed by atoms with E-state index < -0.39 is 5.41 Å². The van der Waals surface area contributed by atoms with E-state index in [-0.39, 0.29) is 5.91 Å². The van der Waals surface area contributed by atoms with Gasteiger partial charge >= 0.3 is 0 Å². The van der Waals surface area contributed by atoms with E-state index in [0.717, 1.165) is 11.4 Å². The lowest BCUT2D eigenvalue weighted by Gasteiger charge is -2.21. The lowest BCUT2D eigenvalue weighted by atomic mass is 9.92. The first-order chi connectivity index (χ1) is 7.99. The fourth-order valence-corrected chi connectivity index (χ4v) is 1.22. The highest BCUT2D eigenvalue weighted by Gasteiger charge is 2.25. The molecule has 1 aromatic rings. The first-order valence-electron chi connectivity index (χ1n) is 5.74. The van der Waals surface area contributed by atoms with Crippen LogP contribution < -0.4 is 15.8 Å². The van der Waals surface area contributed by atoms with Gasteiger partial charge in [-0.1, -0.05) is 6.07 Å². The van der Waals surface area contributed by atoms with Gasteiger partial charge in [0.15, 0.2) is 0 Å². The molecule has 0 radical (unpaired) electrons. The Hall–Kier alpha value is -1.55. The van der Waals surface area contributed by atoms with Crippen molar-refractivity contribution < 1.29 is 9.53 Å². The minimum absolute atomic E-state index is 0.0892. The summed E-state index contributed by atoms with van der Waals surface area (Å²) in [4.78, 5) is 11.9. The summed E-state index contributed by atoms with van der Waals surface area (Å²) in [5.41, 5.74) is 5.71. The maximum Gasteiger partial charge on any atom is 0.231 e. The highest BCUT2D eigenvalue weighted by atomic mass is 16.5. The summed E-state index contributed by atoms with van der Waals surface area (Å²) in [6.07, 6.45) is 0. The standard InChI is InChI=1S/C13H20N2O2/c1-4-17-11-7-5-6-10(8-11)15-12(16)13(2,3)9-14/h5-8H,4,9,14H2,1-3H3,(H,15,16). The van der Waals surface area contributed by atoms with Gasteiger partial charge in [0, 0.05) is 18.3 Å². The maximum atomic E-state index is 11.9. The molecule has 0 fully saturated rings. The number of carbonyl (C=O) groups excluding carboxylic acids is 1. The van der Waals surface area contributed by atoms with E-state index >= 15 is 0 Å². The van der Waals surface area contributed by atoms with Crippen LogP contribution in [0.2, 0.25) is 0 Å². The average molecular weight is 236 g/mol. The predicted octanol–water partition coefficient (Wildman–Crippen LogP) is 2.01. The summed E-state index contributed by atoms with van der Waals surface area (Å²) in [6.45, 7) is 6.46. The van der Waals surface area contributed by atoms with Crippen molar-refractivity contribution in [2.24, 2.45) is 11.1 Å². The SMILES string of the molecule is CCOc1cccc(NC(=O)C(C)(C)CN)c1. The molecule has 1 amide bonds. The van der Waals surface area contributed by atoms with E-state index in [1.54, 1.807) is 6.07 Å². The summed E-state index contributed by atoms with van der Waals surface area (Å²) in [6, 6.07) is 7.32. The third-order valence-corrected chi connectivity index (χ3v) is 2.53. The van der Waals surface area contributed by atoms with Crippen molar-refractivity contribution in [2.45, 2.75) is 20.8 Å². The topological polar surface area (TPSA) is 64.3 Å². The molecule has 0 aromatic heterocycles. The minimum atomic E-state index is -0.568. The second-order valence-corrected chi connectivity index (χ2v) is 4.50. The molecular weight excluding hydrogens is 216 g/mol. The van der Waals surface area contributed by atoms with Crippen molar-refractivity contribution in [1.29, 1.82) is 0 Å². The van der Waals surface area contributed by atoms with Crippen molar-refractivity contribution in [3.63, 3.8) is 0 Å². The van der Waals surface area contributed by atoms with E-state index in [1.807, 2.05) is 39.0 Å². The molecule has 3 N–H and O–H groups in total. The number of amides is 1. The van der Waals surface area contributed by atoms with Crippen molar-refractivity contribution in [3.05, 3.63) is 24.3 Å². The van der Waals surface area contributed by atoms with Crippen molar-refractivity contribution in [1.82, 2.24) is 0 Å². The Morgan fingerprint density at radius 3 is 2.76 bits per heavy atom. The van der Waals surface area contributed by atoms with Crippen molar-refractivity contribution >= 4 is 11.6 Å². The van der Waals surface area contributed by atoms with Crippen LogP contribution in [0, 0.1) is 5.41 Å². The molecule has 0 heterocycles. The van der Waals surface area contributed by atoms with Gasteiger partial charge < -0.3 is 15.8 Å². The van der Waals surface area contributed by atoms with E-state index in [9.17, 15) is 4.79 Å². The van der Waals surface area contributed by atoms with Crippen LogP contribution in [0.3, 0.4) is 0 Å². The van der Waals surface area contributed by atoms with E-state index in [0.29, 0.717) is 13.2 Å². The third kappa shape index (κ3) is 3.75. The number of benzene rings is 1. The molecule has 0 aliphatic rings. The molecule has 0 saturated heterocycles. The smallest absolute Gasteiger partial charge is 0.231 e. The summed E-state index contributed by atoms with van der Waals surface area (Å²) < 4.78 is 5.36. The highest BCUT2D eigenvalue weighted by Crippen LogP contribution is 2.20. The molecule has 0 aliphatic carbocycles. The second-order valence-electron chi connectivity index (χ2n) is 4.50. The first-order valence-corrected chi connectivity index (χ1v) is 5.74. The Labute approximate surface area is 102 Å². The van der Waals surface area contributed by atoms with Gasteiger partial charge in [0.1, 0.15) is 5.75 Å². The van der Waals surface area contributed by atoms with Crippen LogP contribution in [0.5, 0.6) is 5.75 Å². The van der Waals surface area contributed by atoms with Crippen LogP contribution in [-0.4, -0.2) is 19.1 Å². The number of anilines is 1. The lowest BCUT2D eigenvalue weighted by Crippen LogP contribution is -2.37. The number of nitrogens with two attached hydrogens (primary N) is 1. The molecule has 0 spiro atoms. The lowest BCUT2D eigenvalue weighted by molar-refractivity contribution is -0.123. The van der Waals surface area contributed by atoms with Gasteiger partial charge in [-0.3, -0.25) is 4.79 Å². The van der Waals surface area contributed by atoms with Crippen LogP contribution in [0.4, 0.5) is 5.69 Å². The Bertz CT molecular complexity index is 389. The van der Waals surface area contributed by atoms with Gasteiger partial charge in [-0.25, -0.2) is 0 Å². The van der Waals surface area contributed by atoms with E-state index in [4.69, 9.17) is 10.5 Å².